The fraction of sp³-hybridized carbons (Fsp3) is 0.278. The number of hydrogen-bond donors (Lipinski definition) is 0. The van der Waals surface area contributed by atoms with E-state index in [1.807, 2.05) is 6.07 Å². The third-order valence-corrected chi connectivity index (χ3v) is 3.32. The summed E-state index contributed by atoms with van der Waals surface area (Å²) in [5.74, 6) is 0. The van der Waals surface area contributed by atoms with Crippen LogP contribution in [0.1, 0.15) is 43.9 Å². The molecule has 0 aromatic heterocycles. The Morgan fingerprint density at radius 1 is 0.895 bits per heavy atom. The Morgan fingerprint density at radius 3 is 2.00 bits per heavy atom. The summed E-state index contributed by atoms with van der Waals surface area (Å²) in [5.41, 5.74) is 3.72. The predicted molar refractivity (Wildman–Crippen MR) is 82.7 cm³/mol. The Balaban J connectivity index is 2.31. The molecule has 2 rings (SSSR count). The molecular weight excluding hydrogens is 230 g/mol. The van der Waals surface area contributed by atoms with Gasteiger partial charge in [0.1, 0.15) is 0 Å². The maximum absolute atomic E-state index is 4.97. The predicted octanol–water partition coefficient (Wildman–Crippen LogP) is 5.04. The van der Waals surface area contributed by atoms with Crippen LogP contribution >= 0.6 is 0 Å². The van der Waals surface area contributed by atoms with E-state index in [2.05, 4.69) is 68.4 Å². The molecule has 0 saturated carbocycles. The van der Waals surface area contributed by atoms with E-state index in [0.717, 1.165) is 12.8 Å². The van der Waals surface area contributed by atoms with Gasteiger partial charge in [0, 0.05) is 5.71 Å². The molecule has 0 N–H and O–H groups in total. The van der Waals surface area contributed by atoms with Gasteiger partial charge in [0.15, 0.2) is 0 Å². The zero-order valence-electron chi connectivity index (χ0n) is 11.7. The second-order valence-corrected chi connectivity index (χ2v) is 4.63. The van der Waals surface area contributed by atoms with E-state index in [9.17, 15) is 0 Å². The molecule has 0 bridgehead atoms. The van der Waals surface area contributed by atoms with Gasteiger partial charge in [-0.2, -0.15) is 0 Å². The molecule has 19 heavy (non-hydrogen) atoms. The van der Waals surface area contributed by atoms with Crippen molar-refractivity contribution in [3.8, 4) is 0 Å². The van der Waals surface area contributed by atoms with Gasteiger partial charge in [0.2, 0.25) is 0 Å². The average molecular weight is 251 g/mol. The van der Waals surface area contributed by atoms with Gasteiger partial charge in [-0.25, -0.2) is 0 Å². The van der Waals surface area contributed by atoms with Crippen LogP contribution in [0.15, 0.2) is 65.7 Å². The van der Waals surface area contributed by atoms with Gasteiger partial charge < -0.3 is 0 Å². The van der Waals surface area contributed by atoms with Crippen LogP contribution in [0.25, 0.3) is 0 Å². The minimum Gasteiger partial charge on any atom is -0.281 e. The van der Waals surface area contributed by atoms with Crippen molar-refractivity contribution in [1.29, 1.82) is 0 Å². The summed E-state index contributed by atoms with van der Waals surface area (Å²) >= 11 is 0. The zero-order chi connectivity index (χ0) is 13.5. The van der Waals surface area contributed by atoms with Crippen LogP contribution in [-0.2, 0) is 0 Å². The lowest BCUT2D eigenvalue weighted by atomic mass is 10.0. The topological polar surface area (TPSA) is 12.4 Å². The first-order valence-electron chi connectivity index (χ1n) is 7.02. The fourth-order valence-corrected chi connectivity index (χ4v) is 2.27. The summed E-state index contributed by atoms with van der Waals surface area (Å²) in [6.45, 7) is 4.36. The van der Waals surface area contributed by atoms with Crippen molar-refractivity contribution in [3.05, 3.63) is 71.8 Å². The molecule has 0 aliphatic heterocycles. The molecule has 0 fully saturated rings. The van der Waals surface area contributed by atoms with Gasteiger partial charge in [-0.1, -0.05) is 74.5 Å². The van der Waals surface area contributed by atoms with Crippen molar-refractivity contribution in [2.45, 2.75) is 32.7 Å². The third-order valence-electron chi connectivity index (χ3n) is 3.32. The highest BCUT2D eigenvalue weighted by atomic mass is 14.8. The van der Waals surface area contributed by atoms with Crippen molar-refractivity contribution >= 4 is 5.71 Å². The Kier molecular flexibility index (Phi) is 4.91. The van der Waals surface area contributed by atoms with Crippen LogP contribution < -0.4 is 0 Å². The highest BCUT2D eigenvalue weighted by Gasteiger charge is 2.09. The van der Waals surface area contributed by atoms with Crippen molar-refractivity contribution in [1.82, 2.24) is 0 Å². The lowest BCUT2D eigenvalue weighted by Gasteiger charge is -2.13. The quantitative estimate of drug-likeness (QED) is 0.660. The summed E-state index contributed by atoms with van der Waals surface area (Å²) < 4.78 is 0. The number of hydrogen-bond acceptors (Lipinski definition) is 1. The molecule has 98 valence electrons. The van der Waals surface area contributed by atoms with Crippen molar-refractivity contribution in [3.63, 3.8) is 0 Å². The summed E-state index contributed by atoms with van der Waals surface area (Å²) in [4.78, 5) is 4.97. The Labute approximate surface area is 116 Å². The van der Waals surface area contributed by atoms with E-state index >= 15 is 0 Å². The van der Waals surface area contributed by atoms with Crippen LogP contribution in [0.3, 0.4) is 0 Å². The van der Waals surface area contributed by atoms with E-state index in [1.165, 1.54) is 16.8 Å². The van der Waals surface area contributed by atoms with E-state index < -0.39 is 0 Å². The molecule has 2 aromatic rings. The van der Waals surface area contributed by atoms with E-state index in [1.54, 1.807) is 0 Å². The normalized spacial score (nSPS) is 13.3. The third kappa shape index (κ3) is 3.54. The van der Waals surface area contributed by atoms with Gasteiger partial charge in [-0.3, -0.25) is 4.99 Å². The SMILES string of the molecule is CCC(=N[C@@H](CC)c1ccccc1)c1ccccc1. The van der Waals surface area contributed by atoms with Crippen LogP contribution in [0.2, 0.25) is 0 Å². The fourth-order valence-electron chi connectivity index (χ4n) is 2.27. The molecule has 0 spiro atoms. The van der Waals surface area contributed by atoms with Crippen molar-refractivity contribution < 1.29 is 0 Å². The highest BCUT2D eigenvalue weighted by Crippen LogP contribution is 2.22. The Morgan fingerprint density at radius 2 is 1.47 bits per heavy atom. The first-order valence-corrected chi connectivity index (χ1v) is 7.02. The summed E-state index contributed by atoms with van der Waals surface area (Å²) in [6.07, 6.45) is 1.99. The maximum Gasteiger partial charge on any atom is 0.0749 e. The molecule has 1 heteroatoms. The minimum atomic E-state index is 0.261. The van der Waals surface area contributed by atoms with Gasteiger partial charge in [0.25, 0.3) is 0 Å². The van der Waals surface area contributed by atoms with Crippen LogP contribution in [0.4, 0.5) is 0 Å². The monoisotopic (exact) mass is 251 g/mol. The smallest absolute Gasteiger partial charge is 0.0749 e. The molecule has 0 unspecified atom stereocenters. The molecule has 0 saturated heterocycles. The molecule has 0 aliphatic rings. The largest absolute Gasteiger partial charge is 0.281 e. The molecular formula is C18H21N. The van der Waals surface area contributed by atoms with Gasteiger partial charge in [-0.15, -0.1) is 0 Å². The van der Waals surface area contributed by atoms with Crippen LogP contribution in [0, 0.1) is 0 Å². The molecule has 0 aliphatic carbocycles. The molecule has 0 amide bonds. The summed E-state index contributed by atoms with van der Waals surface area (Å²) in [5, 5.41) is 0. The molecule has 0 heterocycles. The number of nitrogens with zero attached hydrogens (tertiary/aromatic N) is 1. The summed E-state index contributed by atoms with van der Waals surface area (Å²) in [7, 11) is 0. The minimum absolute atomic E-state index is 0.261. The lowest BCUT2D eigenvalue weighted by Crippen LogP contribution is -2.03. The lowest BCUT2D eigenvalue weighted by molar-refractivity contribution is 0.699. The van der Waals surface area contributed by atoms with E-state index in [-0.39, 0.29) is 6.04 Å². The number of rotatable bonds is 5. The van der Waals surface area contributed by atoms with E-state index in [0.29, 0.717) is 0 Å². The van der Waals surface area contributed by atoms with Gasteiger partial charge in [-0.05, 0) is 24.0 Å². The second kappa shape index (κ2) is 6.89. The number of aliphatic imine (C=N–C) groups is 1. The van der Waals surface area contributed by atoms with E-state index in [4.69, 9.17) is 4.99 Å². The maximum atomic E-state index is 4.97. The van der Waals surface area contributed by atoms with Crippen LogP contribution in [0.5, 0.6) is 0 Å². The van der Waals surface area contributed by atoms with Crippen molar-refractivity contribution in [2.75, 3.05) is 0 Å². The summed E-state index contributed by atoms with van der Waals surface area (Å²) in [6, 6.07) is 21.3. The Hall–Kier alpha value is -1.89. The number of benzene rings is 2. The first-order chi connectivity index (χ1) is 9.35. The van der Waals surface area contributed by atoms with Gasteiger partial charge in [0.05, 0.1) is 6.04 Å². The Bertz CT molecular complexity index is 514. The molecule has 2 aromatic carbocycles. The highest BCUT2D eigenvalue weighted by molar-refractivity contribution is 6.00. The van der Waals surface area contributed by atoms with Gasteiger partial charge >= 0.3 is 0 Å². The second-order valence-electron chi connectivity index (χ2n) is 4.63. The molecule has 0 radical (unpaired) electrons. The standard InChI is InChI=1S/C18H21N/c1-3-17(15-11-7-5-8-12-15)19-18(4-2)16-13-9-6-10-14-16/h5-14,17H,3-4H2,1-2H3/t17-/m0/s1. The first kappa shape index (κ1) is 13.5. The molecule has 1 nitrogen and oxygen atoms in total. The van der Waals surface area contributed by atoms with Crippen LogP contribution in [-0.4, -0.2) is 5.71 Å². The molecule has 1 atom stereocenters. The average Bonchev–Trinajstić information content (AvgIpc) is 2.50. The van der Waals surface area contributed by atoms with Crippen molar-refractivity contribution in [2.24, 2.45) is 4.99 Å². The zero-order valence-corrected chi connectivity index (χ0v) is 11.7.